The summed E-state index contributed by atoms with van der Waals surface area (Å²) in [6, 6.07) is 5.38. The number of hydrogen-bond donors (Lipinski definition) is 1. The minimum Gasteiger partial charge on any atom is -0.481 e. The summed E-state index contributed by atoms with van der Waals surface area (Å²) in [7, 11) is 0. The lowest BCUT2D eigenvalue weighted by molar-refractivity contribution is -0.138. The van der Waals surface area contributed by atoms with Gasteiger partial charge in [0.1, 0.15) is 0 Å². The second kappa shape index (κ2) is 4.47. The molecule has 2 nitrogen and oxygen atoms in total. The lowest BCUT2D eigenvalue weighted by Gasteiger charge is -2.13. The molecule has 1 rings (SSSR count). The van der Waals surface area contributed by atoms with Crippen molar-refractivity contribution in [1.29, 1.82) is 0 Å². The Morgan fingerprint density at radius 2 is 2.21 bits per heavy atom. The van der Waals surface area contributed by atoms with Crippen LogP contribution in [0.5, 0.6) is 0 Å². The van der Waals surface area contributed by atoms with E-state index in [0.29, 0.717) is 11.4 Å². The average molecular weight is 213 g/mol. The molecule has 1 aromatic carbocycles. The third kappa shape index (κ3) is 2.07. The van der Waals surface area contributed by atoms with Crippen LogP contribution < -0.4 is 0 Å². The molecule has 0 fully saturated rings. The second-order valence-corrected chi connectivity index (χ2v) is 3.66. The first-order chi connectivity index (χ1) is 6.57. The number of halogens is 1. The molecule has 0 radical (unpaired) electrons. The molecule has 1 N–H and O–H groups in total. The highest BCUT2D eigenvalue weighted by molar-refractivity contribution is 6.31. The molecule has 0 saturated carbocycles. The van der Waals surface area contributed by atoms with Crippen LogP contribution in [0, 0.1) is 6.92 Å². The van der Waals surface area contributed by atoms with Gasteiger partial charge in [0.15, 0.2) is 0 Å². The highest BCUT2D eigenvalue weighted by Gasteiger charge is 2.19. The number of hydrogen-bond acceptors (Lipinski definition) is 1. The van der Waals surface area contributed by atoms with Gasteiger partial charge in [-0.3, -0.25) is 4.79 Å². The molecule has 0 aliphatic carbocycles. The first kappa shape index (κ1) is 11.1. The molecule has 0 spiro atoms. The van der Waals surface area contributed by atoms with Gasteiger partial charge in [0.25, 0.3) is 0 Å². The van der Waals surface area contributed by atoms with E-state index in [4.69, 9.17) is 16.7 Å². The summed E-state index contributed by atoms with van der Waals surface area (Å²) in [6.07, 6.45) is 0.580. The highest BCUT2D eigenvalue weighted by Crippen LogP contribution is 2.27. The van der Waals surface area contributed by atoms with Crippen molar-refractivity contribution in [3.8, 4) is 0 Å². The Hall–Kier alpha value is -1.02. The number of benzene rings is 1. The van der Waals surface area contributed by atoms with Gasteiger partial charge in [-0.2, -0.15) is 0 Å². The van der Waals surface area contributed by atoms with Gasteiger partial charge in [-0.05, 0) is 30.5 Å². The van der Waals surface area contributed by atoms with Crippen molar-refractivity contribution in [2.24, 2.45) is 0 Å². The Morgan fingerprint density at radius 3 is 2.71 bits per heavy atom. The summed E-state index contributed by atoms with van der Waals surface area (Å²) in [6.45, 7) is 3.71. The van der Waals surface area contributed by atoms with Gasteiger partial charge in [-0.1, -0.05) is 30.7 Å². The zero-order valence-corrected chi connectivity index (χ0v) is 9.01. The molecule has 0 aliphatic heterocycles. The molecule has 3 heteroatoms. The summed E-state index contributed by atoms with van der Waals surface area (Å²) >= 11 is 5.93. The van der Waals surface area contributed by atoms with Crippen molar-refractivity contribution in [3.05, 3.63) is 34.3 Å². The number of carboxylic acid groups (broad SMARTS) is 1. The van der Waals surface area contributed by atoms with Crippen molar-refractivity contribution >= 4 is 17.6 Å². The predicted octanol–water partition coefficient (Wildman–Crippen LogP) is 3.23. The minimum atomic E-state index is -0.794. The number of aliphatic carboxylic acids is 1. The van der Waals surface area contributed by atoms with Crippen LogP contribution in [0.3, 0.4) is 0 Å². The van der Waals surface area contributed by atoms with Crippen LogP contribution in [0.2, 0.25) is 5.02 Å². The maximum Gasteiger partial charge on any atom is 0.310 e. The maximum atomic E-state index is 11.0. The Kier molecular flexibility index (Phi) is 3.53. The predicted molar refractivity (Wildman–Crippen MR) is 56.9 cm³/mol. The van der Waals surface area contributed by atoms with E-state index in [2.05, 4.69) is 0 Å². The summed E-state index contributed by atoms with van der Waals surface area (Å²) in [5.41, 5.74) is 1.68. The van der Waals surface area contributed by atoms with Crippen molar-refractivity contribution in [3.63, 3.8) is 0 Å². The zero-order valence-electron chi connectivity index (χ0n) is 8.25. The molecular formula is C11H13ClO2. The van der Waals surface area contributed by atoms with E-state index in [0.717, 1.165) is 11.1 Å². The molecule has 0 aliphatic rings. The van der Waals surface area contributed by atoms with Crippen LogP contribution in [0.4, 0.5) is 0 Å². The first-order valence-electron chi connectivity index (χ1n) is 4.55. The third-order valence-electron chi connectivity index (χ3n) is 2.39. The Balaban J connectivity index is 3.16. The fourth-order valence-electron chi connectivity index (χ4n) is 1.53. The molecule has 0 bridgehead atoms. The average Bonchev–Trinajstić information content (AvgIpc) is 2.13. The van der Waals surface area contributed by atoms with Gasteiger partial charge >= 0.3 is 5.97 Å². The van der Waals surface area contributed by atoms with Gasteiger partial charge in [0.05, 0.1) is 5.92 Å². The molecule has 1 atom stereocenters. The van der Waals surface area contributed by atoms with Gasteiger partial charge in [-0.15, -0.1) is 0 Å². The van der Waals surface area contributed by atoms with Crippen LogP contribution in [-0.2, 0) is 4.79 Å². The number of carbonyl (C=O) groups is 1. The zero-order chi connectivity index (χ0) is 10.7. The fourth-order valence-corrected chi connectivity index (χ4v) is 1.71. The van der Waals surface area contributed by atoms with E-state index in [1.54, 1.807) is 12.1 Å². The van der Waals surface area contributed by atoms with Gasteiger partial charge in [0, 0.05) is 5.02 Å². The molecule has 14 heavy (non-hydrogen) atoms. The summed E-state index contributed by atoms with van der Waals surface area (Å²) in [5, 5.41) is 9.63. The highest BCUT2D eigenvalue weighted by atomic mass is 35.5. The Labute approximate surface area is 88.5 Å². The van der Waals surface area contributed by atoms with Crippen molar-refractivity contribution in [2.75, 3.05) is 0 Å². The lowest BCUT2D eigenvalue weighted by atomic mass is 9.93. The summed E-state index contributed by atoms with van der Waals surface area (Å²) < 4.78 is 0. The van der Waals surface area contributed by atoms with Crippen LogP contribution in [0.25, 0.3) is 0 Å². The SMILES string of the molecule is CCC(C(=O)O)c1cccc(Cl)c1C. The Bertz CT molecular complexity index is 347. The molecule has 0 amide bonds. The normalized spacial score (nSPS) is 12.5. The van der Waals surface area contributed by atoms with Crippen molar-refractivity contribution in [1.82, 2.24) is 0 Å². The van der Waals surface area contributed by atoms with Crippen LogP contribution in [-0.4, -0.2) is 11.1 Å². The van der Waals surface area contributed by atoms with E-state index >= 15 is 0 Å². The van der Waals surface area contributed by atoms with Crippen LogP contribution >= 0.6 is 11.6 Å². The molecule has 0 aromatic heterocycles. The smallest absolute Gasteiger partial charge is 0.310 e. The first-order valence-corrected chi connectivity index (χ1v) is 4.93. The summed E-state index contributed by atoms with van der Waals surface area (Å²) in [5.74, 6) is -1.24. The second-order valence-electron chi connectivity index (χ2n) is 3.25. The number of carboxylic acids is 1. The molecule has 1 aromatic rings. The summed E-state index contributed by atoms with van der Waals surface area (Å²) in [4.78, 5) is 11.0. The molecule has 76 valence electrons. The number of rotatable bonds is 3. The quantitative estimate of drug-likeness (QED) is 0.835. The van der Waals surface area contributed by atoms with E-state index in [1.807, 2.05) is 19.9 Å². The lowest BCUT2D eigenvalue weighted by Crippen LogP contribution is -2.11. The molecule has 0 heterocycles. The molecule has 0 saturated heterocycles. The van der Waals surface area contributed by atoms with Gasteiger partial charge < -0.3 is 5.11 Å². The van der Waals surface area contributed by atoms with Crippen LogP contribution in [0.1, 0.15) is 30.4 Å². The van der Waals surface area contributed by atoms with Gasteiger partial charge in [0.2, 0.25) is 0 Å². The third-order valence-corrected chi connectivity index (χ3v) is 2.80. The largest absolute Gasteiger partial charge is 0.481 e. The van der Waals surface area contributed by atoms with E-state index in [1.165, 1.54) is 0 Å². The van der Waals surface area contributed by atoms with E-state index in [9.17, 15) is 4.79 Å². The minimum absolute atomic E-state index is 0.450. The molecular weight excluding hydrogens is 200 g/mol. The van der Waals surface area contributed by atoms with E-state index in [-0.39, 0.29) is 0 Å². The monoisotopic (exact) mass is 212 g/mol. The van der Waals surface area contributed by atoms with Crippen molar-refractivity contribution in [2.45, 2.75) is 26.2 Å². The fraction of sp³-hybridized carbons (Fsp3) is 0.364. The standard InChI is InChI=1S/C11H13ClO2/c1-3-8(11(13)14)9-5-4-6-10(12)7(9)2/h4-6,8H,3H2,1-2H3,(H,13,14). The Morgan fingerprint density at radius 1 is 1.57 bits per heavy atom. The molecule has 1 unspecified atom stereocenters. The van der Waals surface area contributed by atoms with Gasteiger partial charge in [-0.25, -0.2) is 0 Å². The van der Waals surface area contributed by atoms with Crippen LogP contribution in [0.15, 0.2) is 18.2 Å². The maximum absolute atomic E-state index is 11.0. The topological polar surface area (TPSA) is 37.3 Å². The van der Waals surface area contributed by atoms with E-state index < -0.39 is 11.9 Å². The van der Waals surface area contributed by atoms with Crippen molar-refractivity contribution < 1.29 is 9.90 Å².